The molecule has 29 heavy (non-hydrogen) atoms. The van der Waals surface area contributed by atoms with E-state index in [9.17, 15) is 5.11 Å². The fourth-order valence-electron chi connectivity index (χ4n) is 3.48. The Morgan fingerprint density at radius 3 is 1.76 bits per heavy atom. The van der Waals surface area contributed by atoms with Crippen LogP contribution in [0.25, 0.3) is 0 Å². The summed E-state index contributed by atoms with van der Waals surface area (Å²) in [6, 6.07) is 10.1. The molecule has 1 aliphatic carbocycles. The molecule has 1 fully saturated rings. The summed E-state index contributed by atoms with van der Waals surface area (Å²) in [4.78, 5) is 0. The summed E-state index contributed by atoms with van der Waals surface area (Å²) in [7, 11) is -3.68. The van der Waals surface area contributed by atoms with Crippen molar-refractivity contribution in [3.8, 4) is 0 Å². The van der Waals surface area contributed by atoms with Crippen LogP contribution in [0.5, 0.6) is 0 Å². The van der Waals surface area contributed by atoms with Gasteiger partial charge in [-0.15, -0.1) is 0 Å². The van der Waals surface area contributed by atoms with Gasteiger partial charge in [0, 0.05) is 19.1 Å². The number of rotatable bonds is 7. The van der Waals surface area contributed by atoms with Gasteiger partial charge in [-0.2, -0.15) is 0 Å². The molecular weight excluding hydrogens is 392 g/mol. The molecule has 2 rings (SSSR count). The Morgan fingerprint density at radius 1 is 0.862 bits per heavy atom. The van der Waals surface area contributed by atoms with Crippen molar-refractivity contribution >= 4 is 16.6 Å². The maximum Gasteiger partial charge on any atom is 0.191 e. The van der Waals surface area contributed by atoms with E-state index in [0.29, 0.717) is 12.5 Å². The first-order chi connectivity index (χ1) is 13.0. The van der Waals surface area contributed by atoms with Gasteiger partial charge >= 0.3 is 0 Å². The van der Waals surface area contributed by atoms with E-state index >= 15 is 0 Å². The van der Waals surface area contributed by atoms with Crippen molar-refractivity contribution in [2.75, 3.05) is 13.2 Å². The molecule has 1 N–H and O–H groups in total. The molecule has 0 amide bonds. The maximum absolute atomic E-state index is 11.6. The molecule has 0 unspecified atom stereocenters. The highest BCUT2D eigenvalue weighted by Gasteiger charge is 2.55. The largest absolute Gasteiger partial charge is 0.417 e. The first-order valence-electron chi connectivity index (χ1n) is 11.1. The molecule has 0 aliphatic heterocycles. The summed E-state index contributed by atoms with van der Waals surface area (Å²) >= 11 is 0. The van der Waals surface area contributed by atoms with Crippen molar-refractivity contribution in [3.63, 3.8) is 0 Å². The summed E-state index contributed by atoms with van der Waals surface area (Å²) in [5.41, 5.74) is 0.192. The second kappa shape index (κ2) is 8.23. The highest BCUT2D eigenvalue weighted by atomic mass is 28.4. The summed E-state index contributed by atoms with van der Waals surface area (Å²) in [6.07, 6.45) is 0.747. The van der Waals surface area contributed by atoms with Crippen molar-refractivity contribution in [1.82, 2.24) is 0 Å². The highest BCUT2D eigenvalue weighted by Crippen LogP contribution is 2.52. The first kappa shape index (κ1) is 24.8. The number of hydrogen-bond acceptors (Lipinski definition) is 3. The molecule has 1 aromatic carbocycles. The SMILES string of the molecule is CC(C)(C)[Si](C)(C)OC[C@H]1C[C@](O)(c2ccccc2)[C@@H]1CO[Si](C)(C)C(C)(C)C. The molecular formula is C24H44O3Si2. The second-order valence-corrected chi connectivity index (χ2v) is 21.6. The van der Waals surface area contributed by atoms with Gasteiger partial charge in [-0.05, 0) is 54.2 Å². The van der Waals surface area contributed by atoms with Crippen LogP contribution in [0.3, 0.4) is 0 Å². The number of hydrogen-bond donors (Lipinski definition) is 1. The molecule has 0 heterocycles. The Balaban J connectivity index is 2.18. The van der Waals surface area contributed by atoms with Crippen LogP contribution >= 0.6 is 0 Å². The van der Waals surface area contributed by atoms with E-state index in [1.54, 1.807) is 0 Å². The fourth-order valence-corrected chi connectivity index (χ4v) is 5.57. The van der Waals surface area contributed by atoms with Crippen LogP contribution < -0.4 is 0 Å². The van der Waals surface area contributed by atoms with E-state index in [4.69, 9.17) is 8.85 Å². The van der Waals surface area contributed by atoms with E-state index < -0.39 is 22.2 Å². The topological polar surface area (TPSA) is 38.7 Å². The van der Waals surface area contributed by atoms with Crippen LogP contribution in [-0.4, -0.2) is 35.0 Å². The van der Waals surface area contributed by atoms with Gasteiger partial charge < -0.3 is 14.0 Å². The normalized spacial score (nSPS) is 26.3. The molecule has 3 nitrogen and oxygen atoms in total. The van der Waals surface area contributed by atoms with Crippen LogP contribution in [-0.2, 0) is 14.5 Å². The predicted octanol–water partition coefficient (Wildman–Crippen LogP) is 6.55. The lowest BCUT2D eigenvalue weighted by molar-refractivity contribution is -0.169. The molecule has 0 spiro atoms. The van der Waals surface area contributed by atoms with Gasteiger partial charge in [-0.25, -0.2) is 0 Å². The van der Waals surface area contributed by atoms with Gasteiger partial charge in [0.15, 0.2) is 16.6 Å². The third-order valence-corrected chi connectivity index (χ3v) is 16.9. The molecule has 0 radical (unpaired) electrons. The van der Waals surface area contributed by atoms with Crippen molar-refractivity contribution in [3.05, 3.63) is 35.9 Å². The molecule has 0 aromatic heterocycles. The Morgan fingerprint density at radius 2 is 1.31 bits per heavy atom. The van der Waals surface area contributed by atoms with Gasteiger partial charge in [-0.1, -0.05) is 71.9 Å². The van der Waals surface area contributed by atoms with Crippen molar-refractivity contribution in [2.45, 2.75) is 89.8 Å². The monoisotopic (exact) mass is 436 g/mol. The lowest BCUT2D eigenvalue weighted by Crippen LogP contribution is -2.57. The van der Waals surface area contributed by atoms with Crippen LogP contribution in [0.2, 0.25) is 36.3 Å². The van der Waals surface area contributed by atoms with Gasteiger partial charge in [0.1, 0.15) is 0 Å². The van der Waals surface area contributed by atoms with Gasteiger partial charge in [0.2, 0.25) is 0 Å². The minimum atomic E-state index is -1.88. The molecule has 0 bridgehead atoms. The molecule has 1 aromatic rings. The minimum Gasteiger partial charge on any atom is -0.417 e. The first-order valence-corrected chi connectivity index (χ1v) is 16.9. The third kappa shape index (κ3) is 5.24. The van der Waals surface area contributed by atoms with Gasteiger partial charge in [0.05, 0.1) is 5.60 Å². The Labute approximate surface area is 181 Å². The average Bonchev–Trinajstić information content (AvgIpc) is 2.57. The van der Waals surface area contributed by atoms with E-state index in [0.717, 1.165) is 18.6 Å². The smallest absolute Gasteiger partial charge is 0.191 e. The number of benzene rings is 1. The molecule has 1 aliphatic rings. The summed E-state index contributed by atoms with van der Waals surface area (Å²) < 4.78 is 13.1. The summed E-state index contributed by atoms with van der Waals surface area (Å²) in [5, 5.41) is 11.9. The van der Waals surface area contributed by atoms with E-state index in [1.807, 2.05) is 30.3 Å². The van der Waals surface area contributed by atoms with Gasteiger partial charge in [0.25, 0.3) is 0 Å². The van der Waals surface area contributed by atoms with Crippen molar-refractivity contribution < 1.29 is 14.0 Å². The van der Waals surface area contributed by atoms with Crippen molar-refractivity contribution in [1.29, 1.82) is 0 Å². The summed E-state index contributed by atoms with van der Waals surface area (Å²) in [6.45, 7) is 24.1. The quantitative estimate of drug-likeness (QED) is 0.492. The zero-order valence-electron chi connectivity index (χ0n) is 20.4. The van der Waals surface area contributed by atoms with Crippen LogP contribution in [0, 0.1) is 11.8 Å². The second-order valence-electron chi connectivity index (χ2n) is 12.0. The third-order valence-electron chi connectivity index (χ3n) is 7.92. The Hall–Kier alpha value is -0.466. The predicted molar refractivity (Wildman–Crippen MR) is 128 cm³/mol. The number of aliphatic hydroxyl groups is 1. The molecule has 5 heteroatoms. The van der Waals surface area contributed by atoms with E-state index in [-0.39, 0.29) is 16.0 Å². The zero-order chi connectivity index (χ0) is 22.3. The lowest BCUT2D eigenvalue weighted by Gasteiger charge is -2.54. The van der Waals surface area contributed by atoms with E-state index in [1.165, 1.54) is 0 Å². The molecule has 0 saturated heterocycles. The zero-order valence-corrected chi connectivity index (χ0v) is 22.4. The van der Waals surface area contributed by atoms with Gasteiger partial charge in [-0.3, -0.25) is 0 Å². The van der Waals surface area contributed by atoms with Crippen LogP contribution in [0.15, 0.2) is 30.3 Å². The highest BCUT2D eigenvalue weighted by molar-refractivity contribution is 6.74. The molecule has 1 saturated carbocycles. The van der Waals surface area contributed by atoms with Crippen molar-refractivity contribution in [2.24, 2.45) is 11.8 Å². The van der Waals surface area contributed by atoms with E-state index in [2.05, 4.69) is 67.7 Å². The average molecular weight is 437 g/mol. The summed E-state index contributed by atoms with van der Waals surface area (Å²) in [5.74, 6) is 0.405. The van der Waals surface area contributed by atoms with Crippen LogP contribution in [0.4, 0.5) is 0 Å². The molecule has 3 atom stereocenters. The lowest BCUT2D eigenvalue weighted by atomic mass is 9.59. The maximum atomic E-state index is 11.6. The Kier molecular flexibility index (Phi) is 7.04. The Bertz CT molecular complexity index is 674. The molecule has 166 valence electrons. The van der Waals surface area contributed by atoms with Crippen LogP contribution in [0.1, 0.15) is 53.5 Å². The fraction of sp³-hybridized carbons (Fsp3) is 0.750. The minimum absolute atomic E-state index is 0.0730. The standard InChI is InChI=1S/C24H44O3Si2/c1-22(2,3)28(7,8)26-17-19-16-24(25,20-14-12-11-13-15-20)21(19)18-27-29(9,10)23(4,5)6/h11-15,19,21,25H,16-18H2,1-10H3/t19-,21-,24+/m1/s1.